The lowest BCUT2D eigenvalue weighted by Crippen LogP contribution is -2.31. The quantitative estimate of drug-likeness (QED) is 0.870. The molecule has 0 saturated carbocycles. The summed E-state index contributed by atoms with van der Waals surface area (Å²) >= 11 is 4.90. The summed E-state index contributed by atoms with van der Waals surface area (Å²) in [5, 5.41) is 9.96. The maximum absolute atomic E-state index is 9.96. The number of rotatable bonds is 5. The van der Waals surface area contributed by atoms with E-state index in [2.05, 4.69) is 20.8 Å². The van der Waals surface area contributed by atoms with Crippen molar-refractivity contribution in [2.75, 3.05) is 20.6 Å². The fourth-order valence-electron chi connectivity index (χ4n) is 1.26. The highest BCUT2D eigenvalue weighted by molar-refractivity contribution is 9.11. The van der Waals surface area contributed by atoms with Gasteiger partial charge in [0.15, 0.2) is 0 Å². The number of halogens is 1. The van der Waals surface area contributed by atoms with Crippen LogP contribution in [0.25, 0.3) is 0 Å². The van der Waals surface area contributed by atoms with Crippen molar-refractivity contribution in [3.8, 4) is 0 Å². The third-order valence-electron chi connectivity index (χ3n) is 2.20. The van der Waals surface area contributed by atoms with E-state index in [1.165, 1.54) is 11.3 Å². The van der Waals surface area contributed by atoms with Crippen LogP contribution in [0.15, 0.2) is 15.9 Å². The van der Waals surface area contributed by atoms with Gasteiger partial charge in [0.2, 0.25) is 0 Å². The summed E-state index contributed by atoms with van der Waals surface area (Å²) in [6.45, 7) is 0.894. The van der Waals surface area contributed by atoms with Crippen LogP contribution in [-0.4, -0.2) is 36.7 Å². The predicted octanol–water partition coefficient (Wildman–Crippen LogP) is 1.82. The lowest BCUT2D eigenvalue weighted by atomic mass is 10.1. The van der Waals surface area contributed by atoms with Gasteiger partial charge in [-0.05, 0) is 55.1 Å². The molecule has 1 aromatic rings. The highest BCUT2D eigenvalue weighted by Crippen LogP contribution is 2.29. The Kier molecular flexibility index (Phi) is 5.22. The van der Waals surface area contributed by atoms with E-state index in [0.29, 0.717) is 0 Å². The summed E-state index contributed by atoms with van der Waals surface area (Å²) in [4.78, 5) is 2.99. The Labute approximate surface area is 103 Å². The number of thiophene rings is 1. The molecule has 0 aliphatic rings. The largest absolute Gasteiger partial charge is 0.386 e. The van der Waals surface area contributed by atoms with Crippen molar-refractivity contribution in [2.45, 2.75) is 18.6 Å². The molecule has 0 spiro atoms. The van der Waals surface area contributed by atoms with Gasteiger partial charge in [0, 0.05) is 10.9 Å². The molecule has 0 aliphatic heterocycles. The number of nitrogens with zero attached hydrogens (tertiary/aromatic N) is 1. The molecule has 86 valence electrons. The molecular formula is C10H17BrN2OS. The number of nitrogens with two attached hydrogens (primary N) is 1. The highest BCUT2D eigenvalue weighted by atomic mass is 79.9. The van der Waals surface area contributed by atoms with Crippen LogP contribution in [0, 0.1) is 0 Å². The van der Waals surface area contributed by atoms with E-state index in [-0.39, 0.29) is 6.04 Å². The van der Waals surface area contributed by atoms with Crippen molar-refractivity contribution in [1.29, 1.82) is 0 Å². The normalized spacial score (nSPS) is 15.6. The van der Waals surface area contributed by atoms with E-state index in [9.17, 15) is 5.11 Å². The summed E-state index contributed by atoms with van der Waals surface area (Å²) in [5.41, 5.74) is 5.92. The van der Waals surface area contributed by atoms with E-state index in [0.717, 1.165) is 21.6 Å². The summed E-state index contributed by atoms with van der Waals surface area (Å²) < 4.78 is 1.02. The van der Waals surface area contributed by atoms with Crippen LogP contribution in [0.3, 0.4) is 0 Å². The SMILES string of the molecule is CN(C)CCC(N)C(O)c1ccc(Br)s1. The monoisotopic (exact) mass is 292 g/mol. The standard InChI is InChI=1S/C10H17BrN2OS/c1-13(2)6-5-7(12)10(14)8-3-4-9(11)15-8/h3-4,7,10,14H,5-6,12H2,1-2H3. The van der Waals surface area contributed by atoms with Gasteiger partial charge in [-0.1, -0.05) is 0 Å². The first-order valence-electron chi connectivity index (χ1n) is 4.84. The first-order valence-corrected chi connectivity index (χ1v) is 6.45. The zero-order valence-electron chi connectivity index (χ0n) is 8.98. The van der Waals surface area contributed by atoms with Gasteiger partial charge in [-0.15, -0.1) is 11.3 Å². The van der Waals surface area contributed by atoms with Crippen LogP contribution in [0.5, 0.6) is 0 Å². The van der Waals surface area contributed by atoms with Crippen molar-refractivity contribution in [1.82, 2.24) is 4.90 Å². The molecular weight excluding hydrogens is 276 g/mol. The van der Waals surface area contributed by atoms with E-state index in [1.807, 2.05) is 26.2 Å². The minimum Gasteiger partial charge on any atom is -0.386 e. The van der Waals surface area contributed by atoms with Gasteiger partial charge in [-0.25, -0.2) is 0 Å². The molecule has 1 rings (SSSR count). The molecule has 1 heterocycles. The molecule has 5 heteroatoms. The molecule has 3 N–H and O–H groups in total. The Morgan fingerprint density at radius 2 is 2.20 bits per heavy atom. The zero-order chi connectivity index (χ0) is 11.4. The van der Waals surface area contributed by atoms with Crippen LogP contribution in [-0.2, 0) is 0 Å². The maximum Gasteiger partial charge on any atom is 0.103 e. The van der Waals surface area contributed by atoms with Gasteiger partial charge < -0.3 is 15.7 Å². The number of hydrogen-bond acceptors (Lipinski definition) is 4. The van der Waals surface area contributed by atoms with Crippen LogP contribution in [0.4, 0.5) is 0 Å². The van der Waals surface area contributed by atoms with Crippen LogP contribution < -0.4 is 5.73 Å². The van der Waals surface area contributed by atoms with Crippen LogP contribution >= 0.6 is 27.3 Å². The highest BCUT2D eigenvalue weighted by Gasteiger charge is 2.18. The number of aliphatic hydroxyl groups is 1. The van der Waals surface area contributed by atoms with Gasteiger partial charge in [-0.3, -0.25) is 0 Å². The van der Waals surface area contributed by atoms with Gasteiger partial charge in [-0.2, -0.15) is 0 Å². The summed E-state index contributed by atoms with van der Waals surface area (Å²) in [6, 6.07) is 3.65. The second-order valence-electron chi connectivity index (χ2n) is 3.84. The third-order valence-corrected chi connectivity index (χ3v) is 3.89. The summed E-state index contributed by atoms with van der Waals surface area (Å²) in [6.07, 6.45) is 0.241. The Hall–Kier alpha value is 0.0600. The van der Waals surface area contributed by atoms with Gasteiger partial charge >= 0.3 is 0 Å². The lowest BCUT2D eigenvalue weighted by Gasteiger charge is -2.19. The average Bonchev–Trinajstić information content (AvgIpc) is 2.60. The van der Waals surface area contributed by atoms with E-state index >= 15 is 0 Å². The molecule has 3 nitrogen and oxygen atoms in total. The van der Waals surface area contributed by atoms with Crippen molar-refractivity contribution >= 4 is 27.3 Å². The second-order valence-corrected chi connectivity index (χ2v) is 6.34. The van der Waals surface area contributed by atoms with Crippen LogP contribution in [0.2, 0.25) is 0 Å². The van der Waals surface area contributed by atoms with Gasteiger partial charge in [0.05, 0.1) is 3.79 Å². The molecule has 2 atom stereocenters. The first kappa shape index (κ1) is 13.1. The predicted molar refractivity (Wildman–Crippen MR) is 68.1 cm³/mol. The summed E-state index contributed by atoms with van der Waals surface area (Å²) in [7, 11) is 4.00. The van der Waals surface area contributed by atoms with Gasteiger partial charge in [0.1, 0.15) is 6.10 Å². The molecule has 0 aliphatic carbocycles. The van der Waals surface area contributed by atoms with Crippen molar-refractivity contribution in [3.05, 3.63) is 20.8 Å². The molecule has 0 aromatic carbocycles. The van der Waals surface area contributed by atoms with Crippen molar-refractivity contribution < 1.29 is 5.11 Å². The molecule has 0 saturated heterocycles. The molecule has 0 bridgehead atoms. The zero-order valence-corrected chi connectivity index (χ0v) is 11.4. The minimum absolute atomic E-state index is 0.196. The molecule has 0 amide bonds. The Morgan fingerprint density at radius 3 is 2.67 bits per heavy atom. The average molecular weight is 293 g/mol. The smallest absolute Gasteiger partial charge is 0.103 e. The topological polar surface area (TPSA) is 49.5 Å². The maximum atomic E-state index is 9.96. The van der Waals surface area contributed by atoms with E-state index in [1.54, 1.807) is 0 Å². The number of aliphatic hydroxyl groups excluding tert-OH is 1. The lowest BCUT2D eigenvalue weighted by molar-refractivity contribution is 0.141. The summed E-state index contributed by atoms with van der Waals surface area (Å²) in [5.74, 6) is 0. The molecule has 15 heavy (non-hydrogen) atoms. The van der Waals surface area contributed by atoms with E-state index < -0.39 is 6.10 Å². The first-order chi connectivity index (χ1) is 7.00. The minimum atomic E-state index is -0.554. The molecule has 0 radical (unpaired) electrons. The van der Waals surface area contributed by atoms with Crippen molar-refractivity contribution in [3.63, 3.8) is 0 Å². The fraction of sp³-hybridized carbons (Fsp3) is 0.600. The van der Waals surface area contributed by atoms with Crippen LogP contribution in [0.1, 0.15) is 17.4 Å². The van der Waals surface area contributed by atoms with Crippen molar-refractivity contribution in [2.24, 2.45) is 5.73 Å². The fourth-order valence-corrected chi connectivity index (χ4v) is 2.75. The third kappa shape index (κ3) is 4.20. The Bertz CT molecular complexity index is 303. The second kappa shape index (κ2) is 5.96. The molecule has 1 aromatic heterocycles. The molecule has 2 unspecified atom stereocenters. The van der Waals surface area contributed by atoms with Gasteiger partial charge in [0.25, 0.3) is 0 Å². The Balaban J connectivity index is 2.49. The Morgan fingerprint density at radius 1 is 1.53 bits per heavy atom. The number of hydrogen-bond donors (Lipinski definition) is 2. The molecule has 0 fully saturated rings. The van der Waals surface area contributed by atoms with E-state index in [4.69, 9.17) is 5.73 Å².